The van der Waals surface area contributed by atoms with Crippen molar-refractivity contribution < 1.29 is 4.92 Å². The summed E-state index contributed by atoms with van der Waals surface area (Å²) >= 11 is 0. The van der Waals surface area contributed by atoms with E-state index in [1.165, 1.54) is 0 Å². The molecule has 0 N–H and O–H groups in total. The molecule has 0 aromatic carbocycles. The zero-order chi connectivity index (χ0) is 7.98. The van der Waals surface area contributed by atoms with Crippen LogP contribution in [0.5, 0.6) is 0 Å². The molecule has 0 atom stereocenters. The molecule has 0 saturated heterocycles. The second kappa shape index (κ2) is 4.97. The summed E-state index contributed by atoms with van der Waals surface area (Å²) in [7, 11) is 0. The van der Waals surface area contributed by atoms with Crippen molar-refractivity contribution in [2.45, 2.75) is 26.7 Å². The minimum atomic E-state index is -0.314. The first-order chi connectivity index (χ1) is 4.70. The van der Waals surface area contributed by atoms with Crippen molar-refractivity contribution in [3.8, 4) is 0 Å². The number of allylic oxidation sites excluding steroid dienone is 1. The molecule has 0 amide bonds. The lowest BCUT2D eigenvalue weighted by molar-refractivity contribution is -0.468. The number of nitro groups is 1. The molecule has 3 heteroatoms. The maximum atomic E-state index is 9.90. The second-order valence-corrected chi connectivity index (χ2v) is 2.08. The summed E-state index contributed by atoms with van der Waals surface area (Å²) in [5.41, 5.74) is 1.16. The van der Waals surface area contributed by atoms with Crippen molar-refractivity contribution in [2.24, 2.45) is 0 Å². The first-order valence-electron chi connectivity index (χ1n) is 3.50. The van der Waals surface area contributed by atoms with Gasteiger partial charge in [-0.3, -0.25) is 10.1 Å². The average molecular weight is 143 g/mol. The van der Waals surface area contributed by atoms with Gasteiger partial charge in [0.15, 0.2) is 0 Å². The van der Waals surface area contributed by atoms with Gasteiger partial charge in [0, 0.05) is 4.92 Å². The molecule has 0 saturated carbocycles. The predicted molar refractivity (Wildman–Crippen MR) is 40.5 cm³/mol. The van der Waals surface area contributed by atoms with Crippen LogP contribution in [0.3, 0.4) is 0 Å². The van der Waals surface area contributed by atoms with E-state index in [1.807, 2.05) is 13.8 Å². The summed E-state index contributed by atoms with van der Waals surface area (Å²) in [6.45, 7) is 3.99. The SMILES string of the molecule is CCC(=CC[N+](=O)[O-])CC. The highest BCUT2D eigenvalue weighted by Crippen LogP contribution is 2.03. The van der Waals surface area contributed by atoms with E-state index >= 15 is 0 Å². The maximum Gasteiger partial charge on any atom is 0.222 e. The molecular formula is C7H13NO2. The Morgan fingerprint density at radius 3 is 2.30 bits per heavy atom. The smallest absolute Gasteiger partial charge is 0.222 e. The van der Waals surface area contributed by atoms with Gasteiger partial charge < -0.3 is 0 Å². The molecule has 0 unspecified atom stereocenters. The lowest BCUT2D eigenvalue weighted by atomic mass is 10.1. The van der Waals surface area contributed by atoms with E-state index in [2.05, 4.69) is 0 Å². The zero-order valence-electron chi connectivity index (χ0n) is 6.46. The number of hydrogen-bond donors (Lipinski definition) is 0. The molecule has 3 nitrogen and oxygen atoms in total. The Morgan fingerprint density at radius 2 is 2.00 bits per heavy atom. The first-order valence-corrected chi connectivity index (χ1v) is 3.50. The van der Waals surface area contributed by atoms with Gasteiger partial charge in [0.1, 0.15) is 0 Å². The lowest BCUT2D eigenvalue weighted by Gasteiger charge is -1.95. The van der Waals surface area contributed by atoms with Crippen LogP contribution in [0.15, 0.2) is 11.6 Å². The van der Waals surface area contributed by atoms with E-state index in [9.17, 15) is 10.1 Å². The van der Waals surface area contributed by atoms with Gasteiger partial charge in [-0.25, -0.2) is 0 Å². The van der Waals surface area contributed by atoms with Crippen molar-refractivity contribution in [1.29, 1.82) is 0 Å². The highest BCUT2D eigenvalue weighted by molar-refractivity contribution is 4.99. The van der Waals surface area contributed by atoms with Crippen LogP contribution >= 0.6 is 0 Å². The predicted octanol–water partition coefficient (Wildman–Crippen LogP) is 2.01. The van der Waals surface area contributed by atoms with Crippen LogP contribution in [0.2, 0.25) is 0 Å². The van der Waals surface area contributed by atoms with Gasteiger partial charge in [0.2, 0.25) is 6.54 Å². The molecule has 0 radical (unpaired) electrons. The Bertz CT molecular complexity index is 135. The Labute approximate surface area is 60.9 Å². The van der Waals surface area contributed by atoms with Crippen LogP contribution in [-0.2, 0) is 0 Å². The monoisotopic (exact) mass is 143 g/mol. The van der Waals surface area contributed by atoms with Crippen LogP contribution in [0, 0.1) is 10.1 Å². The summed E-state index contributed by atoms with van der Waals surface area (Å²) in [4.78, 5) is 9.58. The third kappa shape index (κ3) is 4.06. The molecule has 0 aromatic rings. The van der Waals surface area contributed by atoms with E-state index in [-0.39, 0.29) is 11.5 Å². The molecule has 10 heavy (non-hydrogen) atoms. The van der Waals surface area contributed by atoms with E-state index in [4.69, 9.17) is 0 Å². The summed E-state index contributed by atoms with van der Waals surface area (Å²) in [5, 5.41) is 9.90. The van der Waals surface area contributed by atoms with E-state index in [1.54, 1.807) is 6.08 Å². The van der Waals surface area contributed by atoms with Crippen LogP contribution in [0.1, 0.15) is 26.7 Å². The molecule has 0 bridgehead atoms. The van der Waals surface area contributed by atoms with E-state index < -0.39 is 0 Å². The van der Waals surface area contributed by atoms with Crippen molar-refractivity contribution in [3.63, 3.8) is 0 Å². The van der Waals surface area contributed by atoms with Crippen LogP contribution in [0.4, 0.5) is 0 Å². The summed E-state index contributed by atoms with van der Waals surface area (Å²) in [6, 6.07) is 0. The van der Waals surface area contributed by atoms with Crippen LogP contribution in [0.25, 0.3) is 0 Å². The minimum Gasteiger partial charge on any atom is -0.264 e. The molecule has 0 heterocycles. The molecule has 0 spiro atoms. The van der Waals surface area contributed by atoms with Gasteiger partial charge in [-0.2, -0.15) is 0 Å². The largest absolute Gasteiger partial charge is 0.264 e. The van der Waals surface area contributed by atoms with Crippen molar-refractivity contribution >= 4 is 0 Å². The Balaban J connectivity index is 3.74. The van der Waals surface area contributed by atoms with Gasteiger partial charge in [-0.05, 0) is 18.9 Å². The fourth-order valence-corrected chi connectivity index (χ4v) is 0.742. The van der Waals surface area contributed by atoms with Gasteiger partial charge in [0.25, 0.3) is 0 Å². The molecule has 0 aliphatic carbocycles. The highest BCUT2D eigenvalue weighted by atomic mass is 16.6. The van der Waals surface area contributed by atoms with E-state index in [0.717, 1.165) is 18.4 Å². The molecule has 0 fully saturated rings. The van der Waals surface area contributed by atoms with Crippen molar-refractivity contribution in [1.82, 2.24) is 0 Å². The van der Waals surface area contributed by atoms with Gasteiger partial charge in [-0.15, -0.1) is 0 Å². The molecular weight excluding hydrogens is 130 g/mol. The fourth-order valence-electron chi connectivity index (χ4n) is 0.742. The van der Waals surface area contributed by atoms with Crippen LogP contribution in [-0.4, -0.2) is 11.5 Å². The Hall–Kier alpha value is -0.860. The Kier molecular flexibility index (Phi) is 4.54. The third-order valence-electron chi connectivity index (χ3n) is 1.44. The second-order valence-electron chi connectivity index (χ2n) is 2.08. The zero-order valence-corrected chi connectivity index (χ0v) is 6.46. The topological polar surface area (TPSA) is 43.1 Å². The fraction of sp³-hybridized carbons (Fsp3) is 0.714. The number of nitrogens with zero attached hydrogens (tertiary/aromatic N) is 1. The molecule has 0 aliphatic heterocycles. The lowest BCUT2D eigenvalue weighted by Crippen LogP contribution is -1.97. The summed E-state index contributed by atoms with van der Waals surface area (Å²) < 4.78 is 0. The molecule has 58 valence electrons. The van der Waals surface area contributed by atoms with Crippen molar-refractivity contribution in [2.75, 3.05) is 6.54 Å². The number of rotatable bonds is 4. The summed E-state index contributed by atoms with van der Waals surface area (Å²) in [6.07, 6.45) is 3.54. The number of hydrogen-bond acceptors (Lipinski definition) is 2. The van der Waals surface area contributed by atoms with Gasteiger partial charge in [0.05, 0.1) is 0 Å². The Morgan fingerprint density at radius 1 is 1.50 bits per heavy atom. The van der Waals surface area contributed by atoms with Crippen LogP contribution < -0.4 is 0 Å². The first kappa shape index (κ1) is 9.14. The molecule has 0 aromatic heterocycles. The van der Waals surface area contributed by atoms with E-state index in [0.29, 0.717) is 0 Å². The molecule has 0 rings (SSSR count). The summed E-state index contributed by atoms with van der Waals surface area (Å²) in [5.74, 6) is 0. The third-order valence-corrected chi connectivity index (χ3v) is 1.44. The average Bonchev–Trinajstić information content (AvgIpc) is 1.90. The normalized spacial score (nSPS) is 9.00. The molecule has 0 aliphatic rings. The standard InChI is InChI=1S/C7H13NO2/c1-3-7(4-2)5-6-8(9)10/h5H,3-4,6H2,1-2H3. The maximum absolute atomic E-state index is 9.90. The highest BCUT2D eigenvalue weighted by Gasteiger charge is 1.93. The quantitative estimate of drug-likeness (QED) is 0.343. The minimum absolute atomic E-state index is 0.0307. The van der Waals surface area contributed by atoms with Gasteiger partial charge in [-0.1, -0.05) is 19.4 Å². The van der Waals surface area contributed by atoms with Crippen molar-refractivity contribution in [3.05, 3.63) is 21.8 Å². The van der Waals surface area contributed by atoms with Gasteiger partial charge >= 0.3 is 0 Å².